The van der Waals surface area contributed by atoms with Crippen molar-refractivity contribution in [1.82, 2.24) is 4.98 Å². The van der Waals surface area contributed by atoms with Crippen molar-refractivity contribution in [3.8, 4) is 0 Å². The number of carbonyl (C=O) groups is 1. The first-order chi connectivity index (χ1) is 13.2. The van der Waals surface area contributed by atoms with Crippen LogP contribution in [0.1, 0.15) is 10.4 Å². The summed E-state index contributed by atoms with van der Waals surface area (Å²) in [4.78, 5) is 29.3. The average molecular weight is 372 g/mol. The summed E-state index contributed by atoms with van der Waals surface area (Å²) >= 11 is 1.53. The van der Waals surface area contributed by atoms with Gasteiger partial charge in [0.25, 0.3) is 5.91 Å². The van der Waals surface area contributed by atoms with Crippen molar-refractivity contribution >= 4 is 54.9 Å². The highest BCUT2D eigenvalue weighted by molar-refractivity contribution is 7.16. The second-order valence-corrected chi connectivity index (χ2v) is 7.02. The summed E-state index contributed by atoms with van der Waals surface area (Å²) in [6, 6.07) is 18.5. The van der Waals surface area contributed by atoms with E-state index < -0.39 is 11.5 Å². The Morgan fingerprint density at radius 3 is 2.81 bits per heavy atom. The minimum atomic E-state index is -0.662. The smallest absolute Gasteiger partial charge is 0.349 e. The van der Waals surface area contributed by atoms with Crippen LogP contribution in [0.5, 0.6) is 0 Å². The molecule has 0 aliphatic rings. The molecule has 6 heteroatoms. The fourth-order valence-electron chi connectivity index (χ4n) is 3.16. The third-order valence-corrected chi connectivity index (χ3v) is 5.28. The molecule has 1 amide bonds. The Morgan fingerprint density at radius 1 is 1.00 bits per heavy atom. The van der Waals surface area contributed by atoms with E-state index in [4.69, 9.17) is 4.42 Å². The highest BCUT2D eigenvalue weighted by Gasteiger charge is 2.15. The molecule has 3 aromatic carbocycles. The lowest BCUT2D eigenvalue weighted by molar-refractivity contribution is 0.102. The first kappa shape index (κ1) is 15.7. The fraction of sp³-hybridized carbons (Fsp3) is 0. The normalized spacial score (nSPS) is 11.3. The van der Waals surface area contributed by atoms with E-state index in [0.717, 1.165) is 26.4 Å². The maximum atomic E-state index is 12.7. The molecule has 2 heterocycles. The van der Waals surface area contributed by atoms with E-state index in [0.29, 0.717) is 11.3 Å². The van der Waals surface area contributed by atoms with Crippen LogP contribution in [0, 0.1) is 0 Å². The molecule has 0 saturated heterocycles. The number of carbonyl (C=O) groups excluding carboxylic acids is 1. The van der Waals surface area contributed by atoms with E-state index in [9.17, 15) is 9.59 Å². The largest absolute Gasteiger partial charge is 0.422 e. The Hall–Kier alpha value is -3.51. The van der Waals surface area contributed by atoms with Crippen LogP contribution >= 0.6 is 11.3 Å². The van der Waals surface area contributed by atoms with Crippen LogP contribution in [0.3, 0.4) is 0 Å². The number of fused-ring (bicyclic) bond motifs is 4. The van der Waals surface area contributed by atoms with E-state index in [1.165, 1.54) is 11.3 Å². The molecule has 0 fully saturated rings. The zero-order valence-electron chi connectivity index (χ0n) is 13.9. The molecular formula is C21H12N2O3S. The van der Waals surface area contributed by atoms with Crippen LogP contribution < -0.4 is 10.9 Å². The van der Waals surface area contributed by atoms with Gasteiger partial charge in [-0.15, -0.1) is 11.3 Å². The minimum Gasteiger partial charge on any atom is -0.422 e. The van der Waals surface area contributed by atoms with Gasteiger partial charge in [-0.25, -0.2) is 9.78 Å². The summed E-state index contributed by atoms with van der Waals surface area (Å²) in [5.74, 6) is -0.506. The van der Waals surface area contributed by atoms with Gasteiger partial charge in [-0.05, 0) is 41.1 Å². The molecule has 0 radical (unpaired) electrons. The van der Waals surface area contributed by atoms with Crippen LogP contribution in [0.25, 0.3) is 32.0 Å². The van der Waals surface area contributed by atoms with Crippen molar-refractivity contribution < 1.29 is 9.21 Å². The van der Waals surface area contributed by atoms with Crippen molar-refractivity contribution in [1.29, 1.82) is 0 Å². The zero-order valence-corrected chi connectivity index (χ0v) is 14.7. The third-order valence-electron chi connectivity index (χ3n) is 4.47. The number of amides is 1. The molecule has 0 bridgehead atoms. The van der Waals surface area contributed by atoms with Gasteiger partial charge in [0.2, 0.25) is 0 Å². The molecule has 0 aliphatic heterocycles. The molecule has 0 atom stereocenters. The summed E-state index contributed by atoms with van der Waals surface area (Å²) in [6.07, 6.45) is 0. The zero-order chi connectivity index (χ0) is 18.4. The molecular weight excluding hydrogens is 360 g/mol. The van der Waals surface area contributed by atoms with Crippen molar-refractivity contribution in [2.24, 2.45) is 0 Å². The van der Waals surface area contributed by atoms with Gasteiger partial charge in [-0.3, -0.25) is 4.79 Å². The van der Waals surface area contributed by atoms with Gasteiger partial charge in [0.05, 0.1) is 15.7 Å². The SMILES string of the molecule is O=C(Nc1ccc2scnc2c1)c1cc2c(ccc3ccccc32)oc1=O. The van der Waals surface area contributed by atoms with E-state index in [-0.39, 0.29) is 5.56 Å². The lowest BCUT2D eigenvalue weighted by Crippen LogP contribution is -2.20. The highest BCUT2D eigenvalue weighted by atomic mass is 32.1. The monoisotopic (exact) mass is 372 g/mol. The van der Waals surface area contributed by atoms with Gasteiger partial charge in [0, 0.05) is 11.1 Å². The maximum absolute atomic E-state index is 12.7. The van der Waals surface area contributed by atoms with Gasteiger partial charge >= 0.3 is 5.63 Å². The van der Waals surface area contributed by atoms with Gasteiger partial charge in [0.15, 0.2) is 0 Å². The molecule has 5 nitrogen and oxygen atoms in total. The number of rotatable bonds is 2. The molecule has 27 heavy (non-hydrogen) atoms. The average Bonchev–Trinajstić information content (AvgIpc) is 3.15. The second kappa shape index (κ2) is 6.03. The second-order valence-electron chi connectivity index (χ2n) is 6.14. The summed E-state index contributed by atoms with van der Waals surface area (Å²) in [6.45, 7) is 0. The maximum Gasteiger partial charge on any atom is 0.349 e. The standard InChI is InChI=1S/C21H12N2O3S/c24-20(23-13-6-8-19-17(9-13)22-11-27-19)16-10-15-14-4-2-1-3-12(14)5-7-18(15)26-21(16)25/h1-11H,(H,23,24). The molecule has 0 saturated carbocycles. The predicted octanol–water partition coefficient (Wildman–Crippen LogP) is 4.81. The minimum absolute atomic E-state index is 0.0303. The Kier molecular flexibility index (Phi) is 3.51. The van der Waals surface area contributed by atoms with Crippen LogP contribution in [0.4, 0.5) is 5.69 Å². The van der Waals surface area contributed by atoms with E-state index in [1.54, 1.807) is 29.8 Å². The van der Waals surface area contributed by atoms with E-state index >= 15 is 0 Å². The quantitative estimate of drug-likeness (QED) is 0.357. The highest BCUT2D eigenvalue weighted by Crippen LogP contribution is 2.26. The van der Waals surface area contributed by atoms with E-state index in [2.05, 4.69) is 10.3 Å². The van der Waals surface area contributed by atoms with Gasteiger partial charge in [-0.2, -0.15) is 0 Å². The molecule has 1 N–H and O–H groups in total. The number of aromatic nitrogens is 1. The third kappa shape index (κ3) is 2.67. The van der Waals surface area contributed by atoms with Crippen molar-refractivity contribution in [2.75, 3.05) is 5.32 Å². The van der Waals surface area contributed by atoms with Gasteiger partial charge in [0.1, 0.15) is 11.1 Å². The molecule has 5 aromatic rings. The molecule has 0 aliphatic carbocycles. The van der Waals surface area contributed by atoms with Crippen molar-refractivity contribution in [3.63, 3.8) is 0 Å². The number of nitrogens with one attached hydrogen (secondary N) is 1. The number of anilines is 1. The number of nitrogens with zero attached hydrogens (tertiary/aromatic N) is 1. The Morgan fingerprint density at radius 2 is 1.89 bits per heavy atom. The Balaban J connectivity index is 1.60. The Bertz CT molecular complexity index is 1400. The molecule has 0 spiro atoms. The summed E-state index contributed by atoms with van der Waals surface area (Å²) in [5, 5.41) is 5.43. The number of thiazole rings is 1. The summed E-state index contributed by atoms with van der Waals surface area (Å²) in [5.41, 5.74) is 2.89. The lowest BCUT2D eigenvalue weighted by atomic mass is 10.0. The van der Waals surface area contributed by atoms with Crippen molar-refractivity contribution in [2.45, 2.75) is 0 Å². The fourth-order valence-corrected chi connectivity index (χ4v) is 3.82. The molecule has 0 unspecified atom stereocenters. The van der Waals surface area contributed by atoms with Gasteiger partial charge in [-0.1, -0.05) is 30.3 Å². The summed E-state index contributed by atoms with van der Waals surface area (Å²) < 4.78 is 6.42. The molecule has 2 aromatic heterocycles. The number of benzene rings is 3. The van der Waals surface area contributed by atoms with Gasteiger partial charge < -0.3 is 9.73 Å². The van der Waals surface area contributed by atoms with Crippen LogP contribution in [0.15, 0.2) is 75.4 Å². The molecule has 130 valence electrons. The van der Waals surface area contributed by atoms with Crippen LogP contribution in [0.2, 0.25) is 0 Å². The van der Waals surface area contributed by atoms with E-state index in [1.807, 2.05) is 36.4 Å². The number of hydrogen-bond donors (Lipinski definition) is 1. The van der Waals surface area contributed by atoms with Crippen LogP contribution in [-0.4, -0.2) is 10.9 Å². The predicted molar refractivity (Wildman–Crippen MR) is 108 cm³/mol. The first-order valence-electron chi connectivity index (χ1n) is 8.29. The first-order valence-corrected chi connectivity index (χ1v) is 9.17. The van der Waals surface area contributed by atoms with Crippen molar-refractivity contribution in [3.05, 3.63) is 82.2 Å². The molecule has 5 rings (SSSR count). The topological polar surface area (TPSA) is 72.2 Å². The number of hydrogen-bond acceptors (Lipinski definition) is 5. The Labute approximate surface area is 156 Å². The van der Waals surface area contributed by atoms with Crippen LogP contribution in [-0.2, 0) is 0 Å². The summed E-state index contributed by atoms with van der Waals surface area (Å²) in [7, 11) is 0. The lowest BCUT2D eigenvalue weighted by Gasteiger charge is -2.07.